The van der Waals surface area contributed by atoms with Crippen LogP contribution in [0.4, 0.5) is 4.79 Å². The van der Waals surface area contributed by atoms with Crippen LogP contribution in [-0.4, -0.2) is 42.2 Å². The van der Waals surface area contributed by atoms with Crippen LogP contribution >= 0.6 is 0 Å². The van der Waals surface area contributed by atoms with Crippen LogP contribution in [0, 0.1) is 0 Å². The summed E-state index contributed by atoms with van der Waals surface area (Å²) in [4.78, 5) is 22.7. The van der Waals surface area contributed by atoms with Gasteiger partial charge >= 0.3 is 12.1 Å². The highest BCUT2D eigenvalue weighted by molar-refractivity contribution is 5.70. The van der Waals surface area contributed by atoms with Gasteiger partial charge in [0.1, 0.15) is 0 Å². The Morgan fingerprint density at radius 3 is 2.58 bits per heavy atom. The number of ether oxygens (including phenoxy) is 2. The maximum Gasteiger partial charge on any atom is 0.410 e. The molecule has 0 aromatic heterocycles. The second-order valence-corrected chi connectivity index (χ2v) is 5.17. The zero-order chi connectivity index (χ0) is 17.8. The summed E-state index contributed by atoms with van der Waals surface area (Å²) >= 11 is 0. The number of carbonyl (C=O) groups excluding carboxylic acids is 2. The summed E-state index contributed by atoms with van der Waals surface area (Å²) in [6.45, 7) is 0.444. The predicted molar refractivity (Wildman–Crippen MR) is 86.4 cm³/mol. The first-order chi connectivity index (χ1) is 11.5. The first kappa shape index (κ1) is 19.6. The fourth-order valence-electron chi connectivity index (χ4n) is 1.90. The van der Waals surface area contributed by atoms with Gasteiger partial charge in [-0.25, -0.2) is 4.79 Å². The highest BCUT2D eigenvalue weighted by Gasteiger charge is 2.06. The molecule has 24 heavy (non-hydrogen) atoms. The molecule has 0 heterocycles. The lowest BCUT2D eigenvalue weighted by atomic mass is 10.1. The molecular weight excluding hydrogens is 316 g/mol. The van der Waals surface area contributed by atoms with E-state index in [2.05, 4.69) is 5.32 Å². The Balaban J connectivity index is 2.09. The molecule has 0 unspecified atom stereocenters. The first-order valence-corrected chi connectivity index (χ1v) is 7.80. The van der Waals surface area contributed by atoms with E-state index in [0.29, 0.717) is 19.4 Å². The van der Waals surface area contributed by atoms with Gasteiger partial charge in [-0.2, -0.15) is 0 Å². The van der Waals surface area contributed by atoms with Gasteiger partial charge < -0.3 is 30.7 Å². The van der Waals surface area contributed by atoms with E-state index in [0.717, 1.165) is 18.4 Å². The van der Waals surface area contributed by atoms with E-state index in [1.807, 2.05) is 0 Å². The number of alkyl carbamates (subject to hydrolysis) is 1. The topological polar surface area (TPSA) is 131 Å². The number of nitrogens with two attached hydrogens (primary N) is 1. The van der Waals surface area contributed by atoms with Gasteiger partial charge in [0, 0.05) is 13.0 Å². The molecule has 1 rings (SSSR count). The van der Waals surface area contributed by atoms with Gasteiger partial charge in [-0.05, 0) is 43.5 Å². The Kier molecular flexibility index (Phi) is 9.06. The van der Waals surface area contributed by atoms with Gasteiger partial charge in [-0.15, -0.1) is 0 Å². The van der Waals surface area contributed by atoms with Gasteiger partial charge in [0.25, 0.3) is 0 Å². The van der Waals surface area contributed by atoms with Gasteiger partial charge in [-0.1, -0.05) is 12.5 Å². The maximum absolute atomic E-state index is 11.4. The minimum atomic E-state index is -0.700. The Morgan fingerprint density at radius 1 is 1.08 bits per heavy atom. The van der Waals surface area contributed by atoms with Crippen LogP contribution in [0.2, 0.25) is 0 Å². The average Bonchev–Trinajstić information content (AvgIpc) is 2.55. The SMILES string of the molecule is NCCCCCC(=O)OCOC(=O)NCCc1ccc(O)c(O)c1. The zero-order valence-corrected chi connectivity index (χ0v) is 13.5. The van der Waals surface area contributed by atoms with E-state index in [1.165, 1.54) is 12.1 Å². The smallest absolute Gasteiger partial charge is 0.410 e. The molecule has 0 spiro atoms. The highest BCUT2D eigenvalue weighted by atomic mass is 16.7. The summed E-state index contributed by atoms with van der Waals surface area (Å²) in [6, 6.07) is 4.42. The highest BCUT2D eigenvalue weighted by Crippen LogP contribution is 2.24. The fraction of sp³-hybridized carbons (Fsp3) is 0.500. The predicted octanol–water partition coefficient (Wildman–Crippen LogP) is 1.39. The summed E-state index contributed by atoms with van der Waals surface area (Å²) in [5, 5.41) is 21.0. The number of hydrogen-bond donors (Lipinski definition) is 4. The van der Waals surface area contributed by atoms with E-state index in [9.17, 15) is 19.8 Å². The van der Waals surface area contributed by atoms with Gasteiger partial charge in [-0.3, -0.25) is 4.79 Å². The first-order valence-electron chi connectivity index (χ1n) is 7.80. The molecule has 134 valence electrons. The van der Waals surface area contributed by atoms with Gasteiger partial charge in [0.15, 0.2) is 11.5 Å². The quantitative estimate of drug-likeness (QED) is 0.219. The molecule has 1 aromatic rings. The van der Waals surface area contributed by atoms with E-state index in [-0.39, 0.29) is 24.5 Å². The Bertz CT molecular complexity index is 535. The lowest BCUT2D eigenvalue weighted by Gasteiger charge is -2.08. The molecule has 0 atom stereocenters. The molecule has 0 radical (unpaired) electrons. The summed E-state index contributed by atoms with van der Waals surface area (Å²) in [6.07, 6.45) is 2.44. The van der Waals surface area contributed by atoms with E-state index in [1.54, 1.807) is 6.07 Å². The standard InChI is InChI=1S/C16H24N2O6/c17-8-3-1-2-4-15(21)23-11-24-16(22)18-9-7-12-5-6-13(19)14(20)10-12/h5-6,10,19-20H,1-4,7-9,11,17H2,(H,18,22). The van der Waals surface area contributed by atoms with E-state index < -0.39 is 18.9 Å². The lowest BCUT2D eigenvalue weighted by molar-refractivity contribution is -0.151. The molecule has 0 bridgehead atoms. The van der Waals surface area contributed by atoms with Crippen LogP contribution in [0.25, 0.3) is 0 Å². The van der Waals surface area contributed by atoms with Crippen LogP contribution in [0.5, 0.6) is 11.5 Å². The van der Waals surface area contributed by atoms with Crippen molar-refractivity contribution in [1.82, 2.24) is 5.32 Å². The molecule has 0 aliphatic heterocycles. The normalized spacial score (nSPS) is 10.2. The molecule has 0 saturated heterocycles. The third-order valence-corrected chi connectivity index (χ3v) is 3.22. The number of unbranched alkanes of at least 4 members (excludes halogenated alkanes) is 2. The number of rotatable bonds is 10. The number of nitrogens with one attached hydrogen (secondary N) is 1. The molecule has 8 nitrogen and oxygen atoms in total. The Hall–Kier alpha value is -2.48. The number of aromatic hydroxyl groups is 2. The van der Waals surface area contributed by atoms with E-state index >= 15 is 0 Å². The van der Waals surface area contributed by atoms with Gasteiger partial charge in [0.05, 0.1) is 0 Å². The van der Waals surface area contributed by atoms with Crippen molar-refractivity contribution < 1.29 is 29.3 Å². The van der Waals surface area contributed by atoms with Crippen molar-refractivity contribution in [1.29, 1.82) is 0 Å². The summed E-state index contributed by atoms with van der Waals surface area (Å²) in [5.41, 5.74) is 6.09. The average molecular weight is 340 g/mol. The summed E-state index contributed by atoms with van der Waals surface area (Å²) in [5.74, 6) is -0.830. The number of benzene rings is 1. The summed E-state index contributed by atoms with van der Waals surface area (Å²) in [7, 11) is 0. The molecule has 0 aliphatic carbocycles. The van der Waals surface area contributed by atoms with Crippen molar-refractivity contribution in [3.8, 4) is 11.5 Å². The minimum absolute atomic E-state index is 0.198. The zero-order valence-electron chi connectivity index (χ0n) is 13.5. The van der Waals surface area contributed by atoms with Crippen LogP contribution < -0.4 is 11.1 Å². The Morgan fingerprint density at radius 2 is 1.88 bits per heavy atom. The Labute approximate surface area is 140 Å². The largest absolute Gasteiger partial charge is 0.504 e. The second-order valence-electron chi connectivity index (χ2n) is 5.17. The van der Waals surface area contributed by atoms with Crippen molar-refractivity contribution in [2.75, 3.05) is 19.9 Å². The van der Waals surface area contributed by atoms with Crippen molar-refractivity contribution in [3.05, 3.63) is 23.8 Å². The lowest BCUT2D eigenvalue weighted by Crippen LogP contribution is -2.27. The van der Waals surface area contributed by atoms with Crippen LogP contribution in [0.3, 0.4) is 0 Å². The molecule has 5 N–H and O–H groups in total. The third-order valence-electron chi connectivity index (χ3n) is 3.22. The molecule has 1 aromatic carbocycles. The number of esters is 1. The van der Waals surface area contributed by atoms with Crippen LogP contribution in [0.1, 0.15) is 31.2 Å². The molecule has 0 saturated carbocycles. The molecular formula is C16H24N2O6. The number of carbonyl (C=O) groups is 2. The van der Waals surface area contributed by atoms with Crippen molar-refractivity contribution in [2.45, 2.75) is 32.1 Å². The number of amides is 1. The second kappa shape index (κ2) is 11.1. The fourth-order valence-corrected chi connectivity index (χ4v) is 1.90. The van der Waals surface area contributed by atoms with Crippen molar-refractivity contribution in [3.63, 3.8) is 0 Å². The molecule has 0 aliphatic rings. The number of phenols is 2. The molecule has 0 fully saturated rings. The monoisotopic (exact) mass is 340 g/mol. The maximum atomic E-state index is 11.4. The van der Waals surface area contributed by atoms with Gasteiger partial charge in [0.2, 0.25) is 6.79 Å². The minimum Gasteiger partial charge on any atom is -0.504 e. The molecule has 8 heteroatoms. The number of hydrogen-bond acceptors (Lipinski definition) is 7. The van der Waals surface area contributed by atoms with Crippen molar-refractivity contribution >= 4 is 12.1 Å². The number of phenolic OH excluding ortho intramolecular Hbond substituents is 2. The third kappa shape index (κ3) is 8.23. The summed E-state index contributed by atoms with van der Waals surface area (Å²) < 4.78 is 9.49. The van der Waals surface area contributed by atoms with Crippen LogP contribution in [-0.2, 0) is 20.7 Å². The molecule has 1 amide bonds. The van der Waals surface area contributed by atoms with E-state index in [4.69, 9.17) is 15.2 Å². The van der Waals surface area contributed by atoms with Crippen LogP contribution in [0.15, 0.2) is 18.2 Å². The van der Waals surface area contributed by atoms with Crippen molar-refractivity contribution in [2.24, 2.45) is 5.73 Å².